The van der Waals surface area contributed by atoms with Crippen molar-refractivity contribution in [3.05, 3.63) is 51.8 Å². The van der Waals surface area contributed by atoms with Crippen molar-refractivity contribution < 1.29 is 19.4 Å². The van der Waals surface area contributed by atoms with Crippen molar-refractivity contribution >= 4 is 23.4 Å². The van der Waals surface area contributed by atoms with Crippen LogP contribution in [-0.2, 0) is 11.3 Å². The fraction of sp³-hybridized carbons (Fsp3) is 0.333. The largest absolute Gasteiger partial charge is 0.507 e. The minimum absolute atomic E-state index is 0.0632. The zero-order valence-electron chi connectivity index (χ0n) is 13.9. The molecule has 24 heavy (non-hydrogen) atoms. The molecule has 1 N–H and O–H groups in total. The summed E-state index contributed by atoms with van der Waals surface area (Å²) < 4.78 is 7.10. The fourth-order valence-electron chi connectivity index (χ4n) is 2.61. The topological polar surface area (TPSA) is 68.5 Å². The average molecular weight is 350 g/mol. The number of aryl methyl sites for hydroxylation is 1. The second kappa shape index (κ2) is 7.53. The highest BCUT2D eigenvalue weighted by Gasteiger charge is 2.19. The predicted molar refractivity (Wildman–Crippen MR) is 91.9 cm³/mol. The number of ketones is 1. The third-order valence-electron chi connectivity index (χ3n) is 3.83. The lowest BCUT2D eigenvalue weighted by atomic mass is 10.1. The van der Waals surface area contributed by atoms with Crippen LogP contribution >= 0.6 is 11.6 Å². The molecule has 2 rings (SSSR count). The Morgan fingerprint density at radius 2 is 1.92 bits per heavy atom. The van der Waals surface area contributed by atoms with Gasteiger partial charge in [0.2, 0.25) is 5.78 Å². The summed E-state index contributed by atoms with van der Waals surface area (Å²) in [6, 6.07) is 5.87. The summed E-state index contributed by atoms with van der Waals surface area (Å²) in [5, 5.41) is 9.98. The van der Waals surface area contributed by atoms with Crippen LogP contribution in [0.4, 0.5) is 0 Å². The number of phenolic OH excluding ortho intramolecular Hbond substituents is 1. The van der Waals surface area contributed by atoms with Crippen LogP contribution in [0.3, 0.4) is 0 Å². The summed E-state index contributed by atoms with van der Waals surface area (Å²) in [6.07, 6.45) is 0.965. The van der Waals surface area contributed by atoms with Gasteiger partial charge in [-0.2, -0.15) is 0 Å². The maximum atomic E-state index is 12.3. The van der Waals surface area contributed by atoms with Crippen LogP contribution in [0.15, 0.2) is 24.3 Å². The van der Waals surface area contributed by atoms with Gasteiger partial charge in [0.05, 0.1) is 0 Å². The fourth-order valence-corrected chi connectivity index (χ4v) is 2.78. The Balaban J connectivity index is 2.09. The highest BCUT2D eigenvalue weighted by molar-refractivity contribution is 6.31. The zero-order valence-corrected chi connectivity index (χ0v) is 14.7. The minimum atomic E-state index is -0.786. The van der Waals surface area contributed by atoms with E-state index in [0.29, 0.717) is 10.6 Å². The Kier molecular flexibility index (Phi) is 5.67. The van der Waals surface area contributed by atoms with Crippen LogP contribution in [0.25, 0.3) is 0 Å². The minimum Gasteiger partial charge on any atom is -0.507 e. The molecule has 5 nitrogen and oxygen atoms in total. The Morgan fingerprint density at radius 1 is 1.21 bits per heavy atom. The molecule has 0 radical (unpaired) electrons. The lowest BCUT2D eigenvalue weighted by molar-refractivity contribution is 0.0471. The van der Waals surface area contributed by atoms with Gasteiger partial charge >= 0.3 is 5.97 Å². The molecule has 0 spiro atoms. The van der Waals surface area contributed by atoms with E-state index in [1.54, 1.807) is 6.07 Å². The highest BCUT2D eigenvalue weighted by atomic mass is 35.5. The molecule has 1 heterocycles. The number of aromatic hydroxyl groups is 1. The molecule has 0 atom stereocenters. The lowest BCUT2D eigenvalue weighted by Gasteiger charge is -2.08. The van der Waals surface area contributed by atoms with E-state index in [-0.39, 0.29) is 23.7 Å². The van der Waals surface area contributed by atoms with E-state index < -0.39 is 5.97 Å². The Labute approximate surface area is 145 Å². The van der Waals surface area contributed by atoms with Crippen molar-refractivity contribution in [1.82, 2.24) is 4.57 Å². The molecule has 2 aromatic rings. The van der Waals surface area contributed by atoms with E-state index in [2.05, 4.69) is 11.5 Å². The van der Waals surface area contributed by atoms with E-state index >= 15 is 0 Å². The Hall–Kier alpha value is -2.27. The third-order valence-corrected chi connectivity index (χ3v) is 4.07. The predicted octanol–water partition coefficient (Wildman–Crippen LogP) is 3.91. The smallest absolute Gasteiger partial charge is 0.342 e. The highest BCUT2D eigenvalue weighted by Crippen LogP contribution is 2.22. The van der Waals surface area contributed by atoms with Crippen LogP contribution in [0.5, 0.6) is 5.75 Å². The second-order valence-corrected chi connectivity index (χ2v) is 6.03. The van der Waals surface area contributed by atoms with Gasteiger partial charge in [-0.3, -0.25) is 4.79 Å². The summed E-state index contributed by atoms with van der Waals surface area (Å²) in [5.74, 6) is -1.30. The van der Waals surface area contributed by atoms with Gasteiger partial charge in [0, 0.05) is 28.5 Å². The molecule has 1 aromatic carbocycles. The van der Waals surface area contributed by atoms with E-state index in [1.165, 1.54) is 18.2 Å². The van der Waals surface area contributed by atoms with Crippen molar-refractivity contribution in [3.63, 3.8) is 0 Å². The van der Waals surface area contributed by atoms with E-state index in [1.807, 2.05) is 13.8 Å². The van der Waals surface area contributed by atoms with Crippen molar-refractivity contribution in [2.45, 2.75) is 33.7 Å². The van der Waals surface area contributed by atoms with Gasteiger partial charge in [-0.25, -0.2) is 4.79 Å². The van der Waals surface area contributed by atoms with Crippen LogP contribution in [0.1, 0.15) is 45.4 Å². The van der Waals surface area contributed by atoms with Gasteiger partial charge in [-0.05, 0) is 44.5 Å². The number of rotatable bonds is 6. The standard InChI is InChI=1S/C18H20ClNO4/c1-4-7-20-11(2)8-14(12(20)3)17(22)10-24-18(23)15-9-13(19)5-6-16(15)21/h5-6,8-9,21H,4,7,10H2,1-3H3. The molecule has 0 saturated carbocycles. The van der Waals surface area contributed by atoms with Crippen molar-refractivity contribution in [1.29, 1.82) is 0 Å². The summed E-state index contributed by atoms with van der Waals surface area (Å²) in [7, 11) is 0. The molecule has 0 bridgehead atoms. The molecular weight excluding hydrogens is 330 g/mol. The molecule has 0 aliphatic carbocycles. The molecule has 0 fully saturated rings. The number of esters is 1. The number of carbonyl (C=O) groups excluding carboxylic acids is 2. The molecule has 0 aliphatic rings. The number of benzene rings is 1. The van der Waals surface area contributed by atoms with Crippen molar-refractivity contribution in [2.24, 2.45) is 0 Å². The normalized spacial score (nSPS) is 10.7. The number of phenols is 1. The third kappa shape index (κ3) is 3.79. The van der Waals surface area contributed by atoms with Gasteiger partial charge < -0.3 is 14.4 Å². The number of Topliss-reactive ketones (excluding diaryl/α,β-unsaturated/α-hetero) is 1. The molecule has 0 amide bonds. The first-order chi connectivity index (χ1) is 11.3. The molecule has 0 aliphatic heterocycles. The van der Waals surface area contributed by atoms with Crippen LogP contribution in [-0.4, -0.2) is 28.0 Å². The number of carbonyl (C=O) groups is 2. The molecule has 0 saturated heterocycles. The Morgan fingerprint density at radius 3 is 2.58 bits per heavy atom. The Bertz CT molecular complexity index is 780. The summed E-state index contributed by atoms with van der Waals surface area (Å²) in [6.45, 7) is 6.33. The lowest BCUT2D eigenvalue weighted by Crippen LogP contribution is -2.15. The summed E-state index contributed by atoms with van der Waals surface area (Å²) in [4.78, 5) is 24.4. The van der Waals surface area contributed by atoms with Gasteiger partial charge in [-0.1, -0.05) is 18.5 Å². The monoisotopic (exact) mass is 349 g/mol. The molecule has 6 heteroatoms. The first kappa shape index (κ1) is 18.1. The number of halogens is 1. The molecule has 128 valence electrons. The zero-order chi connectivity index (χ0) is 17.9. The van der Waals surface area contributed by atoms with Gasteiger partial charge in [0.1, 0.15) is 11.3 Å². The molecule has 0 unspecified atom stereocenters. The summed E-state index contributed by atoms with van der Waals surface area (Å²) in [5.41, 5.74) is 2.34. The second-order valence-electron chi connectivity index (χ2n) is 5.60. The van der Waals surface area contributed by atoms with Crippen molar-refractivity contribution in [3.8, 4) is 5.75 Å². The molecular formula is C18H20ClNO4. The van der Waals surface area contributed by atoms with Gasteiger partial charge in [0.25, 0.3) is 0 Å². The number of nitrogens with zero attached hydrogens (tertiary/aromatic N) is 1. The van der Waals surface area contributed by atoms with Crippen LogP contribution < -0.4 is 0 Å². The number of ether oxygens (including phenoxy) is 1. The maximum absolute atomic E-state index is 12.3. The van der Waals surface area contributed by atoms with E-state index in [0.717, 1.165) is 24.4 Å². The quantitative estimate of drug-likeness (QED) is 0.634. The van der Waals surface area contributed by atoms with Gasteiger partial charge in [-0.15, -0.1) is 0 Å². The SMILES string of the molecule is CCCn1c(C)cc(C(=O)COC(=O)c2cc(Cl)ccc2O)c1C. The van der Waals surface area contributed by atoms with E-state index in [4.69, 9.17) is 16.3 Å². The average Bonchev–Trinajstić information content (AvgIpc) is 2.83. The summed E-state index contributed by atoms with van der Waals surface area (Å²) >= 11 is 5.80. The van der Waals surface area contributed by atoms with Gasteiger partial charge in [0.15, 0.2) is 6.61 Å². The van der Waals surface area contributed by atoms with Crippen LogP contribution in [0.2, 0.25) is 5.02 Å². The van der Waals surface area contributed by atoms with E-state index in [9.17, 15) is 14.7 Å². The molecule has 1 aromatic heterocycles. The number of hydrogen-bond donors (Lipinski definition) is 1. The number of aromatic nitrogens is 1. The van der Waals surface area contributed by atoms with Crippen LogP contribution in [0, 0.1) is 13.8 Å². The first-order valence-corrected chi connectivity index (χ1v) is 8.08. The maximum Gasteiger partial charge on any atom is 0.342 e. The number of hydrogen-bond acceptors (Lipinski definition) is 4. The van der Waals surface area contributed by atoms with Crippen molar-refractivity contribution in [2.75, 3.05) is 6.61 Å². The first-order valence-electron chi connectivity index (χ1n) is 7.70.